The number of ether oxygens (including phenoxy) is 1. The van der Waals surface area contributed by atoms with Crippen LogP contribution in [0.1, 0.15) is 16.7 Å². The molecule has 0 saturated carbocycles. The van der Waals surface area contributed by atoms with Crippen molar-refractivity contribution in [2.75, 3.05) is 7.11 Å². The summed E-state index contributed by atoms with van der Waals surface area (Å²) in [5, 5.41) is 2.89. The largest absolute Gasteiger partial charge is 0.481 e. The lowest BCUT2D eigenvalue weighted by Gasteiger charge is -2.09. The fourth-order valence-electron chi connectivity index (χ4n) is 2.04. The van der Waals surface area contributed by atoms with E-state index in [-0.39, 0.29) is 5.91 Å². The average Bonchev–Trinajstić information content (AvgIpc) is 2.53. The van der Waals surface area contributed by atoms with Crippen molar-refractivity contribution in [3.63, 3.8) is 0 Å². The molecule has 3 N–H and O–H groups in total. The third-order valence-electron chi connectivity index (χ3n) is 3.19. The predicted molar refractivity (Wildman–Crippen MR) is 80.7 cm³/mol. The van der Waals surface area contributed by atoms with Gasteiger partial charge >= 0.3 is 0 Å². The summed E-state index contributed by atoms with van der Waals surface area (Å²) >= 11 is 0. The van der Waals surface area contributed by atoms with Crippen molar-refractivity contribution in [1.29, 1.82) is 0 Å². The molecular formula is C16H19N3O2. The number of nitrogens with zero attached hydrogens (tertiary/aromatic N) is 1. The maximum atomic E-state index is 12.0. The molecule has 2 rings (SSSR count). The van der Waals surface area contributed by atoms with E-state index in [1.54, 1.807) is 19.4 Å². The van der Waals surface area contributed by atoms with E-state index in [0.29, 0.717) is 25.4 Å². The van der Waals surface area contributed by atoms with Crippen LogP contribution in [0.3, 0.4) is 0 Å². The molecule has 21 heavy (non-hydrogen) atoms. The molecule has 1 amide bonds. The summed E-state index contributed by atoms with van der Waals surface area (Å²) in [5.41, 5.74) is 8.58. The van der Waals surface area contributed by atoms with Gasteiger partial charge in [-0.15, -0.1) is 0 Å². The fourth-order valence-corrected chi connectivity index (χ4v) is 2.04. The third-order valence-corrected chi connectivity index (χ3v) is 3.19. The van der Waals surface area contributed by atoms with Gasteiger partial charge in [0, 0.05) is 25.4 Å². The zero-order valence-electron chi connectivity index (χ0n) is 12.0. The van der Waals surface area contributed by atoms with E-state index in [1.807, 2.05) is 30.3 Å². The van der Waals surface area contributed by atoms with Gasteiger partial charge in [0.2, 0.25) is 11.8 Å². The first-order chi connectivity index (χ1) is 10.2. The lowest BCUT2D eigenvalue weighted by atomic mass is 10.0. The summed E-state index contributed by atoms with van der Waals surface area (Å²) in [7, 11) is 1.56. The Kier molecular flexibility index (Phi) is 5.29. The molecule has 1 aromatic heterocycles. The number of hydrogen-bond donors (Lipinski definition) is 2. The standard InChI is InChI=1S/C16H19N3O2/c1-21-16-8-12(6-7-18-16)11-19-15(20)9-13-4-2-3-5-14(13)10-17/h2-8H,9-11,17H2,1H3,(H,19,20). The van der Waals surface area contributed by atoms with Gasteiger partial charge in [0.05, 0.1) is 13.5 Å². The highest BCUT2D eigenvalue weighted by Crippen LogP contribution is 2.10. The van der Waals surface area contributed by atoms with Crippen LogP contribution in [0, 0.1) is 0 Å². The van der Waals surface area contributed by atoms with Crippen LogP contribution in [0.25, 0.3) is 0 Å². The van der Waals surface area contributed by atoms with Gasteiger partial charge in [-0.2, -0.15) is 0 Å². The molecule has 0 fully saturated rings. The molecule has 0 unspecified atom stereocenters. The van der Waals surface area contributed by atoms with Crippen molar-refractivity contribution in [2.24, 2.45) is 5.73 Å². The van der Waals surface area contributed by atoms with Crippen LogP contribution in [0.15, 0.2) is 42.6 Å². The summed E-state index contributed by atoms with van der Waals surface area (Å²) in [4.78, 5) is 16.0. The summed E-state index contributed by atoms with van der Waals surface area (Å²) in [5.74, 6) is 0.502. The number of pyridine rings is 1. The minimum absolute atomic E-state index is 0.0355. The number of hydrogen-bond acceptors (Lipinski definition) is 4. The Morgan fingerprint density at radius 1 is 1.29 bits per heavy atom. The van der Waals surface area contributed by atoms with Crippen LogP contribution in [0.5, 0.6) is 5.88 Å². The van der Waals surface area contributed by atoms with E-state index in [1.165, 1.54) is 0 Å². The summed E-state index contributed by atoms with van der Waals surface area (Å²) in [6.07, 6.45) is 1.99. The second-order valence-corrected chi connectivity index (χ2v) is 4.63. The van der Waals surface area contributed by atoms with Gasteiger partial charge in [-0.05, 0) is 22.8 Å². The zero-order valence-corrected chi connectivity index (χ0v) is 12.0. The van der Waals surface area contributed by atoms with Crippen LogP contribution in [0.2, 0.25) is 0 Å². The lowest BCUT2D eigenvalue weighted by molar-refractivity contribution is -0.120. The number of nitrogens with two attached hydrogens (primary N) is 1. The molecular weight excluding hydrogens is 266 g/mol. The smallest absolute Gasteiger partial charge is 0.224 e. The summed E-state index contributed by atoms with van der Waals surface area (Å²) in [6, 6.07) is 11.3. The molecule has 1 aromatic carbocycles. The van der Waals surface area contributed by atoms with E-state index < -0.39 is 0 Å². The van der Waals surface area contributed by atoms with E-state index in [0.717, 1.165) is 16.7 Å². The molecule has 0 aliphatic rings. The van der Waals surface area contributed by atoms with Gasteiger partial charge in [-0.25, -0.2) is 4.98 Å². The molecule has 1 heterocycles. The highest BCUT2D eigenvalue weighted by molar-refractivity contribution is 5.78. The summed E-state index contributed by atoms with van der Waals surface area (Å²) in [6.45, 7) is 0.882. The number of carbonyl (C=O) groups is 1. The van der Waals surface area contributed by atoms with Crippen molar-refractivity contribution >= 4 is 5.91 Å². The van der Waals surface area contributed by atoms with Crippen molar-refractivity contribution in [3.05, 3.63) is 59.3 Å². The minimum atomic E-state index is -0.0355. The molecule has 5 heteroatoms. The van der Waals surface area contributed by atoms with Crippen molar-refractivity contribution in [2.45, 2.75) is 19.5 Å². The highest BCUT2D eigenvalue weighted by atomic mass is 16.5. The summed E-state index contributed by atoms with van der Waals surface area (Å²) < 4.78 is 5.05. The Morgan fingerprint density at radius 2 is 2.05 bits per heavy atom. The number of rotatable bonds is 6. The lowest BCUT2D eigenvalue weighted by Crippen LogP contribution is -2.25. The van der Waals surface area contributed by atoms with Crippen LogP contribution >= 0.6 is 0 Å². The topological polar surface area (TPSA) is 77.2 Å². The average molecular weight is 285 g/mol. The molecule has 0 atom stereocenters. The van der Waals surface area contributed by atoms with Crippen molar-refractivity contribution in [3.8, 4) is 5.88 Å². The van der Waals surface area contributed by atoms with Gasteiger partial charge in [0.25, 0.3) is 0 Å². The third kappa shape index (κ3) is 4.29. The van der Waals surface area contributed by atoms with Crippen molar-refractivity contribution in [1.82, 2.24) is 10.3 Å². The van der Waals surface area contributed by atoms with Gasteiger partial charge < -0.3 is 15.8 Å². The van der Waals surface area contributed by atoms with Gasteiger partial charge in [0.15, 0.2) is 0 Å². The Bertz CT molecular complexity index is 614. The quantitative estimate of drug-likeness (QED) is 0.841. The second kappa shape index (κ2) is 7.40. The van der Waals surface area contributed by atoms with Crippen LogP contribution in [-0.2, 0) is 24.3 Å². The Hall–Kier alpha value is -2.40. The first-order valence-corrected chi connectivity index (χ1v) is 6.75. The highest BCUT2D eigenvalue weighted by Gasteiger charge is 2.07. The molecule has 0 radical (unpaired) electrons. The van der Waals surface area contributed by atoms with Crippen LogP contribution in [-0.4, -0.2) is 18.0 Å². The number of amides is 1. The van der Waals surface area contributed by atoms with E-state index >= 15 is 0 Å². The molecule has 0 spiro atoms. The number of carbonyl (C=O) groups excluding carboxylic acids is 1. The Morgan fingerprint density at radius 3 is 2.76 bits per heavy atom. The molecule has 2 aromatic rings. The number of nitrogens with one attached hydrogen (secondary N) is 1. The molecule has 0 bridgehead atoms. The van der Waals surface area contributed by atoms with Gasteiger partial charge in [-0.3, -0.25) is 4.79 Å². The monoisotopic (exact) mass is 285 g/mol. The number of aromatic nitrogens is 1. The van der Waals surface area contributed by atoms with Crippen LogP contribution in [0.4, 0.5) is 0 Å². The maximum absolute atomic E-state index is 12.0. The molecule has 0 saturated heterocycles. The van der Waals surface area contributed by atoms with Crippen LogP contribution < -0.4 is 15.8 Å². The number of benzene rings is 1. The SMILES string of the molecule is COc1cc(CNC(=O)Cc2ccccc2CN)ccn1. The van der Waals surface area contributed by atoms with Gasteiger partial charge in [-0.1, -0.05) is 24.3 Å². The normalized spacial score (nSPS) is 10.2. The Balaban J connectivity index is 1.92. The maximum Gasteiger partial charge on any atom is 0.224 e. The first kappa shape index (κ1) is 15.0. The van der Waals surface area contributed by atoms with E-state index in [9.17, 15) is 4.79 Å². The molecule has 0 aliphatic heterocycles. The zero-order chi connectivity index (χ0) is 15.1. The molecule has 5 nitrogen and oxygen atoms in total. The van der Waals surface area contributed by atoms with E-state index in [2.05, 4.69) is 10.3 Å². The second-order valence-electron chi connectivity index (χ2n) is 4.63. The fraction of sp³-hybridized carbons (Fsp3) is 0.250. The molecule has 0 aliphatic carbocycles. The van der Waals surface area contributed by atoms with Gasteiger partial charge in [0.1, 0.15) is 0 Å². The van der Waals surface area contributed by atoms with E-state index in [4.69, 9.17) is 10.5 Å². The Labute approximate surface area is 124 Å². The van der Waals surface area contributed by atoms with Crippen molar-refractivity contribution < 1.29 is 9.53 Å². The first-order valence-electron chi connectivity index (χ1n) is 6.75. The minimum Gasteiger partial charge on any atom is -0.481 e. The molecule has 110 valence electrons. The predicted octanol–water partition coefficient (Wildman–Crippen LogP) is 1.41. The number of methoxy groups -OCH3 is 1.